The number of nitrogens with zero attached hydrogens (tertiary/aromatic N) is 3. The summed E-state index contributed by atoms with van der Waals surface area (Å²) in [5.41, 5.74) is 5.18. The number of hydrogen-bond donors (Lipinski definition) is 2. The van der Waals surface area contributed by atoms with Crippen molar-refractivity contribution in [3.05, 3.63) is 89.7 Å². The highest BCUT2D eigenvalue weighted by atomic mass is 16.3. The lowest BCUT2D eigenvalue weighted by molar-refractivity contribution is 0.327. The van der Waals surface area contributed by atoms with Gasteiger partial charge in [-0.1, -0.05) is 37.3 Å². The topological polar surface area (TPSA) is 64.5 Å². The molecule has 5 nitrogen and oxygen atoms in total. The summed E-state index contributed by atoms with van der Waals surface area (Å²) >= 11 is 0. The molecule has 2 aromatic carbocycles. The molecular weight excluding hydrogens is 372 g/mol. The summed E-state index contributed by atoms with van der Waals surface area (Å²) < 4.78 is 0. The lowest BCUT2D eigenvalue weighted by Crippen LogP contribution is -2.18. The van der Waals surface area contributed by atoms with Gasteiger partial charge in [-0.15, -0.1) is 0 Å². The largest absolute Gasteiger partial charge is 0.494 e. The van der Waals surface area contributed by atoms with Crippen molar-refractivity contribution >= 4 is 22.3 Å². The molecule has 2 heterocycles. The molecule has 152 valence electrons. The first-order valence-corrected chi connectivity index (χ1v) is 10.2. The molecule has 0 saturated heterocycles. The van der Waals surface area contributed by atoms with Crippen LogP contribution in [0, 0.1) is 0 Å². The van der Waals surface area contributed by atoms with Crippen molar-refractivity contribution < 1.29 is 5.11 Å². The number of aromatic amines is 1. The second-order valence-corrected chi connectivity index (χ2v) is 7.50. The Labute approximate surface area is 176 Å². The van der Waals surface area contributed by atoms with Gasteiger partial charge < -0.3 is 15.0 Å². The maximum absolute atomic E-state index is 10.7. The van der Waals surface area contributed by atoms with Crippen LogP contribution in [0.5, 0.6) is 5.88 Å². The molecule has 4 rings (SSSR count). The zero-order valence-electron chi connectivity index (χ0n) is 17.3. The van der Waals surface area contributed by atoms with E-state index in [1.165, 1.54) is 5.56 Å². The third kappa shape index (κ3) is 4.26. The minimum Gasteiger partial charge on any atom is -0.494 e. The Morgan fingerprint density at radius 3 is 2.60 bits per heavy atom. The zero-order chi connectivity index (χ0) is 20.9. The van der Waals surface area contributed by atoms with E-state index < -0.39 is 0 Å². The molecule has 2 aromatic heterocycles. The Kier molecular flexibility index (Phi) is 5.91. The summed E-state index contributed by atoms with van der Waals surface area (Å²) in [6.45, 7) is 4.18. The maximum Gasteiger partial charge on any atom is 0.199 e. The molecule has 0 unspecified atom stereocenters. The number of rotatable bonds is 7. The van der Waals surface area contributed by atoms with Crippen LogP contribution in [0.25, 0.3) is 10.9 Å². The van der Waals surface area contributed by atoms with Crippen molar-refractivity contribution in [3.63, 3.8) is 0 Å². The van der Waals surface area contributed by atoms with Gasteiger partial charge in [0.15, 0.2) is 5.88 Å². The van der Waals surface area contributed by atoms with Gasteiger partial charge in [0, 0.05) is 35.4 Å². The van der Waals surface area contributed by atoms with Gasteiger partial charge in [0.05, 0.1) is 17.0 Å². The standard InChI is InChI=1S/C25H26N4O/c1-3-15-29(2)17-18-10-12-20(13-11-18)27-24(19-7-6-14-26-16-19)23-21-8-4-5-9-22(21)28-25(23)30/h4-14,16,28,30H,3,15,17H2,1-2H3. The minimum atomic E-state index is 0.108. The summed E-state index contributed by atoms with van der Waals surface area (Å²) in [6.07, 6.45) is 4.65. The summed E-state index contributed by atoms with van der Waals surface area (Å²) in [6, 6.07) is 19.9. The van der Waals surface area contributed by atoms with E-state index in [1.807, 2.05) is 48.5 Å². The van der Waals surface area contributed by atoms with Crippen molar-refractivity contribution in [2.75, 3.05) is 13.6 Å². The Hall–Kier alpha value is -3.44. The Balaban J connectivity index is 1.76. The van der Waals surface area contributed by atoms with Gasteiger partial charge in [-0.25, -0.2) is 4.99 Å². The Bertz CT molecular complexity index is 1150. The smallest absolute Gasteiger partial charge is 0.199 e. The number of aromatic hydroxyl groups is 1. The molecule has 5 heteroatoms. The second-order valence-electron chi connectivity index (χ2n) is 7.50. The van der Waals surface area contributed by atoms with Crippen LogP contribution < -0.4 is 0 Å². The van der Waals surface area contributed by atoms with Crippen LogP contribution in [-0.2, 0) is 6.54 Å². The summed E-state index contributed by atoms with van der Waals surface area (Å²) in [5.74, 6) is 0.108. The van der Waals surface area contributed by atoms with E-state index in [9.17, 15) is 5.11 Å². The van der Waals surface area contributed by atoms with Crippen LogP contribution in [0.15, 0.2) is 78.0 Å². The summed E-state index contributed by atoms with van der Waals surface area (Å²) in [4.78, 5) is 14.5. The van der Waals surface area contributed by atoms with Crippen LogP contribution in [0.3, 0.4) is 0 Å². The summed E-state index contributed by atoms with van der Waals surface area (Å²) in [5, 5.41) is 11.6. The molecule has 0 radical (unpaired) electrons. The fraction of sp³-hybridized carbons (Fsp3) is 0.200. The molecule has 30 heavy (non-hydrogen) atoms. The van der Waals surface area contributed by atoms with Crippen LogP contribution in [0.2, 0.25) is 0 Å². The number of nitrogens with one attached hydrogen (secondary N) is 1. The number of para-hydroxylation sites is 1. The molecule has 0 spiro atoms. The monoisotopic (exact) mass is 398 g/mol. The minimum absolute atomic E-state index is 0.108. The Morgan fingerprint density at radius 1 is 1.07 bits per heavy atom. The van der Waals surface area contributed by atoms with E-state index >= 15 is 0 Å². The molecule has 2 N–H and O–H groups in total. The fourth-order valence-corrected chi connectivity index (χ4v) is 3.71. The lowest BCUT2D eigenvalue weighted by atomic mass is 10.0. The zero-order valence-corrected chi connectivity index (χ0v) is 17.3. The second kappa shape index (κ2) is 8.93. The average molecular weight is 399 g/mol. The SMILES string of the molecule is CCCN(C)Cc1ccc(N=C(c2cccnc2)c2c(O)[nH]c3ccccc23)cc1. The van der Waals surface area contributed by atoms with Gasteiger partial charge >= 0.3 is 0 Å². The molecule has 0 bridgehead atoms. The van der Waals surface area contributed by atoms with E-state index in [-0.39, 0.29) is 5.88 Å². The number of aromatic nitrogens is 2. The van der Waals surface area contributed by atoms with Crippen LogP contribution in [0.1, 0.15) is 30.0 Å². The van der Waals surface area contributed by atoms with E-state index in [2.05, 4.69) is 41.0 Å². The first-order valence-electron chi connectivity index (χ1n) is 10.2. The maximum atomic E-state index is 10.7. The van der Waals surface area contributed by atoms with Gasteiger partial charge in [-0.2, -0.15) is 0 Å². The predicted molar refractivity (Wildman–Crippen MR) is 123 cm³/mol. The van der Waals surface area contributed by atoms with Gasteiger partial charge in [0.25, 0.3) is 0 Å². The highest BCUT2D eigenvalue weighted by Crippen LogP contribution is 2.31. The molecular formula is C25H26N4O. The Morgan fingerprint density at radius 2 is 1.87 bits per heavy atom. The van der Waals surface area contributed by atoms with Crippen molar-refractivity contribution in [2.45, 2.75) is 19.9 Å². The summed E-state index contributed by atoms with van der Waals surface area (Å²) in [7, 11) is 2.13. The average Bonchev–Trinajstić information content (AvgIpc) is 3.09. The molecule has 0 atom stereocenters. The van der Waals surface area contributed by atoms with Gasteiger partial charge in [0.2, 0.25) is 0 Å². The van der Waals surface area contributed by atoms with Crippen molar-refractivity contribution in [2.24, 2.45) is 4.99 Å². The third-order valence-electron chi connectivity index (χ3n) is 5.09. The highest BCUT2D eigenvalue weighted by Gasteiger charge is 2.18. The molecule has 0 saturated carbocycles. The van der Waals surface area contributed by atoms with E-state index in [0.29, 0.717) is 11.3 Å². The predicted octanol–water partition coefficient (Wildman–Crippen LogP) is 5.28. The fourth-order valence-electron chi connectivity index (χ4n) is 3.71. The number of aliphatic imine (C=N–C) groups is 1. The van der Waals surface area contributed by atoms with Gasteiger partial charge in [-0.05, 0) is 55.9 Å². The number of H-pyrrole nitrogens is 1. The first kappa shape index (κ1) is 19.9. The molecule has 0 fully saturated rings. The number of fused-ring (bicyclic) bond motifs is 1. The molecule has 0 aliphatic rings. The van der Waals surface area contributed by atoms with E-state index in [0.717, 1.165) is 41.7 Å². The third-order valence-corrected chi connectivity index (χ3v) is 5.09. The first-order chi connectivity index (χ1) is 14.7. The van der Waals surface area contributed by atoms with Crippen molar-refractivity contribution in [1.82, 2.24) is 14.9 Å². The van der Waals surface area contributed by atoms with Gasteiger partial charge in [0.1, 0.15) is 0 Å². The van der Waals surface area contributed by atoms with E-state index in [4.69, 9.17) is 4.99 Å². The van der Waals surface area contributed by atoms with Crippen molar-refractivity contribution in [3.8, 4) is 5.88 Å². The molecule has 0 aliphatic heterocycles. The number of pyridine rings is 1. The van der Waals surface area contributed by atoms with Crippen molar-refractivity contribution in [1.29, 1.82) is 0 Å². The molecule has 4 aromatic rings. The van der Waals surface area contributed by atoms with Gasteiger partial charge in [-0.3, -0.25) is 4.98 Å². The molecule has 0 aliphatic carbocycles. The van der Waals surface area contributed by atoms with Crippen LogP contribution in [0.4, 0.5) is 5.69 Å². The number of benzene rings is 2. The normalized spacial score (nSPS) is 12.0. The molecule has 0 amide bonds. The van der Waals surface area contributed by atoms with Crippen LogP contribution in [-0.4, -0.2) is 39.3 Å². The quantitative estimate of drug-likeness (QED) is 0.416. The number of hydrogen-bond acceptors (Lipinski definition) is 4. The van der Waals surface area contributed by atoms with Crippen LogP contribution >= 0.6 is 0 Å². The lowest BCUT2D eigenvalue weighted by Gasteiger charge is -2.15. The van der Waals surface area contributed by atoms with E-state index in [1.54, 1.807) is 12.4 Å². The highest BCUT2D eigenvalue weighted by molar-refractivity contribution is 6.21.